The van der Waals surface area contributed by atoms with Crippen LogP contribution >= 0.6 is 0 Å². The van der Waals surface area contributed by atoms with Gasteiger partial charge in [-0.1, -0.05) is 60.7 Å². The Morgan fingerprint density at radius 2 is 1.77 bits per heavy atom. The highest BCUT2D eigenvalue weighted by Crippen LogP contribution is 2.35. The third kappa shape index (κ3) is 3.53. The van der Waals surface area contributed by atoms with Gasteiger partial charge in [-0.25, -0.2) is 0 Å². The van der Waals surface area contributed by atoms with Gasteiger partial charge in [0.05, 0.1) is 6.04 Å². The summed E-state index contributed by atoms with van der Waals surface area (Å²) >= 11 is 0. The lowest BCUT2D eigenvalue weighted by Crippen LogP contribution is -2.23. The second-order valence-electron chi connectivity index (χ2n) is 5.37. The van der Waals surface area contributed by atoms with Gasteiger partial charge in [0.15, 0.2) is 0 Å². The van der Waals surface area contributed by atoms with Gasteiger partial charge in [-0.15, -0.1) is 0 Å². The van der Waals surface area contributed by atoms with Gasteiger partial charge in [-0.2, -0.15) is 5.06 Å². The fraction of sp³-hybridized carbons (Fsp3) is 0.278. The van der Waals surface area contributed by atoms with Gasteiger partial charge >= 0.3 is 5.97 Å². The van der Waals surface area contributed by atoms with Crippen LogP contribution in [0, 0.1) is 0 Å². The van der Waals surface area contributed by atoms with Crippen molar-refractivity contribution in [2.24, 2.45) is 0 Å². The lowest BCUT2D eigenvalue weighted by Gasteiger charge is -2.22. The van der Waals surface area contributed by atoms with Crippen LogP contribution in [-0.2, 0) is 20.9 Å². The fourth-order valence-electron chi connectivity index (χ4n) is 2.71. The fourth-order valence-corrected chi connectivity index (χ4v) is 2.71. The third-order valence-corrected chi connectivity index (χ3v) is 3.68. The molecule has 0 N–H and O–H groups in total. The quantitative estimate of drug-likeness (QED) is 0.810. The lowest BCUT2D eigenvalue weighted by molar-refractivity contribution is -0.239. The van der Waals surface area contributed by atoms with Crippen LogP contribution in [0.5, 0.6) is 0 Å². The van der Waals surface area contributed by atoms with E-state index in [-0.39, 0.29) is 12.0 Å². The number of carbonyl (C=O) groups excluding carboxylic acids is 1. The van der Waals surface area contributed by atoms with Crippen LogP contribution in [0.2, 0.25) is 0 Å². The molecule has 0 radical (unpaired) electrons. The standard InChI is InChI=1S/C18H19NO3/c1-14(20)21-18-12-17(16-10-6-3-7-11-16)19(22-18)13-15-8-4-2-5-9-15/h2-11,17-18H,12-13H2,1H3. The molecular weight excluding hydrogens is 278 g/mol. The number of esters is 1. The van der Waals surface area contributed by atoms with E-state index in [1.165, 1.54) is 6.92 Å². The maximum atomic E-state index is 11.2. The van der Waals surface area contributed by atoms with E-state index in [1.807, 2.05) is 41.5 Å². The number of hydroxylamine groups is 2. The highest BCUT2D eigenvalue weighted by Gasteiger charge is 2.36. The van der Waals surface area contributed by atoms with Gasteiger partial charge < -0.3 is 4.74 Å². The number of ether oxygens (including phenoxy) is 1. The molecule has 0 spiro atoms. The molecule has 0 saturated carbocycles. The molecule has 0 bridgehead atoms. The normalized spacial score (nSPS) is 21.7. The van der Waals surface area contributed by atoms with Crippen LogP contribution in [0.25, 0.3) is 0 Å². The molecule has 2 aromatic rings. The largest absolute Gasteiger partial charge is 0.434 e. The predicted octanol–water partition coefficient (Wildman–Crippen LogP) is 3.45. The summed E-state index contributed by atoms with van der Waals surface area (Å²) < 4.78 is 5.23. The van der Waals surface area contributed by atoms with E-state index in [4.69, 9.17) is 9.57 Å². The lowest BCUT2D eigenvalue weighted by atomic mass is 10.0. The van der Waals surface area contributed by atoms with Crippen molar-refractivity contribution < 1.29 is 14.4 Å². The molecule has 3 rings (SSSR count). The van der Waals surface area contributed by atoms with E-state index in [0.29, 0.717) is 13.0 Å². The zero-order valence-electron chi connectivity index (χ0n) is 12.5. The Bertz CT molecular complexity index is 615. The first-order valence-electron chi connectivity index (χ1n) is 7.42. The molecule has 0 aliphatic carbocycles. The SMILES string of the molecule is CC(=O)OC1CC(c2ccccc2)N(Cc2ccccc2)O1. The third-order valence-electron chi connectivity index (χ3n) is 3.68. The van der Waals surface area contributed by atoms with E-state index in [0.717, 1.165) is 11.1 Å². The minimum atomic E-state index is -0.522. The predicted molar refractivity (Wildman–Crippen MR) is 82.4 cm³/mol. The topological polar surface area (TPSA) is 38.8 Å². The number of hydrogen-bond acceptors (Lipinski definition) is 4. The molecule has 1 aliphatic rings. The molecule has 2 unspecified atom stereocenters. The van der Waals surface area contributed by atoms with Gasteiger partial charge in [0.1, 0.15) is 0 Å². The van der Waals surface area contributed by atoms with Crippen molar-refractivity contribution in [1.29, 1.82) is 0 Å². The zero-order chi connectivity index (χ0) is 15.4. The number of nitrogens with zero attached hydrogens (tertiary/aromatic N) is 1. The van der Waals surface area contributed by atoms with Gasteiger partial charge in [0.25, 0.3) is 0 Å². The molecule has 1 saturated heterocycles. The van der Waals surface area contributed by atoms with Crippen LogP contribution in [0.15, 0.2) is 60.7 Å². The van der Waals surface area contributed by atoms with Gasteiger partial charge in [-0.05, 0) is 11.1 Å². The van der Waals surface area contributed by atoms with Crippen molar-refractivity contribution in [2.45, 2.75) is 32.2 Å². The monoisotopic (exact) mass is 297 g/mol. The molecule has 114 valence electrons. The summed E-state index contributed by atoms with van der Waals surface area (Å²) in [6.07, 6.45) is 0.114. The summed E-state index contributed by atoms with van der Waals surface area (Å²) in [4.78, 5) is 17.0. The van der Waals surface area contributed by atoms with Crippen LogP contribution in [0.4, 0.5) is 0 Å². The van der Waals surface area contributed by atoms with Crippen LogP contribution in [0.1, 0.15) is 30.5 Å². The molecule has 4 nitrogen and oxygen atoms in total. The van der Waals surface area contributed by atoms with E-state index in [1.54, 1.807) is 0 Å². The molecule has 1 aliphatic heterocycles. The van der Waals surface area contributed by atoms with Crippen LogP contribution in [0.3, 0.4) is 0 Å². The first-order valence-corrected chi connectivity index (χ1v) is 7.42. The number of hydrogen-bond donors (Lipinski definition) is 0. The Morgan fingerprint density at radius 1 is 1.14 bits per heavy atom. The molecule has 0 aromatic heterocycles. The van der Waals surface area contributed by atoms with Crippen molar-refractivity contribution in [3.63, 3.8) is 0 Å². The molecule has 1 fully saturated rings. The summed E-state index contributed by atoms with van der Waals surface area (Å²) in [6, 6.07) is 20.4. The Hall–Kier alpha value is -2.17. The van der Waals surface area contributed by atoms with Crippen molar-refractivity contribution in [3.05, 3.63) is 71.8 Å². The number of carbonyl (C=O) groups is 1. The van der Waals surface area contributed by atoms with Gasteiger partial charge in [-0.3, -0.25) is 9.63 Å². The van der Waals surface area contributed by atoms with Crippen molar-refractivity contribution in [2.75, 3.05) is 0 Å². The average Bonchev–Trinajstić information content (AvgIpc) is 2.91. The first-order chi connectivity index (χ1) is 10.7. The molecule has 1 heterocycles. The minimum absolute atomic E-state index is 0.0748. The molecule has 22 heavy (non-hydrogen) atoms. The van der Waals surface area contributed by atoms with Gasteiger partial charge in [0, 0.05) is 19.9 Å². The van der Waals surface area contributed by atoms with Crippen LogP contribution in [-0.4, -0.2) is 17.3 Å². The zero-order valence-corrected chi connectivity index (χ0v) is 12.5. The Labute approximate surface area is 130 Å². The molecule has 0 amide bonds. The summed E-state index contributed by atoms with van der Waals surface area (Å²) in [5.74, 6) is -0.321. The maximum Gasteiger partial charge on any atom is 0.304 e. The molecule has 2 aromatic carbocycles. The van der Waals surface area contributed by atoms with Crippen molar-refractivity contribution >= 4 is 5.97 Å². The maximum absolute atomic E-state index is 11.2. The molecule has 4 heteroatoms. The van der Waals surface area contributed by atoms with Crippen LogP contribution < -0.4 is 0 Å². The number of benzene rings is 2. The highest BCUT2D eigenvalue weighted by atomic mass is 16.8. The van der Waals surface area contributed by atoms with Gasteiger partial charge in [0.2, 0.25) is 6.29 Å². The van der Waals surface area contributed by atoms with Crippen molar-refractivity contribution in [1.82, 2.24) is 5.06 Å². The Balaban J connectivity index is 1.79. The van der Waals surface area contributed by atoms with E-state index in [2.05, 4.69) is 24.3 Å². The van der Waals surface area contributed by atoms with E-state index >= 15 is 0 Å². The molecular formula is C18H19NO3. The minimum Gasteiger partial charge on any atom is -0.434 e. The summed E-state index contributed by atoms with van der Waals surface area (Å²) in [5, 5.41) is 1.90. The Morgan fingerprint density at radius 3 is 2.41 bits per heavy atom. The Kier molecular flexibility index (Phi) is 4.51. The van der Waals surface area contributed by atoms with E-state index < -0.39 is 6.29 Å². The number of rotatable bonds is 4. The summed E-state index contributed by atoms with van der Waals surface area (Å²) in [6.45, 7) is 2.05. The highest BCUT2D eigenvalue weighted by molar-refractivity contribution is 5.66. The second-order valence-corrected chi connectivity index (χ2v) is 5.37. The summed E-state index contributed by atoms with van der Waals surface area (Å²) in [7, 11) is 0. The van der Waals surface area contributed by atoms with Crippen molar-refractivity contribution in [3.8, 4) is 0 Å². The molecule has 2 atom stereocenters. The second kappa shape index (κ2) is 6.73. The smallest absolute Gasteiger partial charge is 0.304 e. The summed E-state index contributed by atoms with van der Waals surface area (Å²) in [5.41, 5.74) is 2.32. The average molecular weight is 297 g/mol. The first kappa shape index (κ1) is 14.8. The van der Waals surface area contributed by atoms with E-state index in [9.17, 15) is 4.79 Å².